The molecule has 20 heavy (non-hydrogen) atoms. The first-order valence-corrected chi connectivity index (χ1v) is 7.97. The van der Waals surface area contributed by atoms with Crippen LogP contribution in [-0.4, -0.2) is 33.3 Å². The van der Waals surface area contributed by atoms with E-state index in [0.29, 0.717) is 6.54 Å². The summed E-state index contributed by atoms with van der Waals surface area (Å²) in [5, 5.41) is 12.1. The third kappa shape index (κ3) is 4.47. The molecule has 0 spiro atoms. The summed E-state index contributed by atoms with van der Waals surface area (Å²) >= 11 is 1.79. The smallest absolute Gasteiger partial charge is 0.0718 e. The van der Waals surface area contributed by atoms with E-state index < -0.39 is 5.60 Å². The van der Waals surface area contributed by atoms with E-state index in [-0.39, 0.29) is 0 Å². The summed E-state index contributed by atoms with van der Waals surface area (Å²) in [4.78, 5) is 3.65. The lowest BCUT2D eigenvalue weighted by Crippen LogP contribution is -2.38. The minimum absolute atomic E-state index is 0.652. The Morgan fingerprint density at radius 2 is 2.10 bits per heavy atom. The zero-order valence-corrected chi connectivity index (χ0v) is 13.4. The van der Waals surface area contributed by atoms with Crippen LogP contribution in [0.4, 0.5) is 0 Å². The van der Waals surface area contributed by atoms with Crippen LogP contribution in [0.2, 0.25) is 0 Å². The Hall–Kier alpha value is -1.10. The van der Waals surface area contributed by atoms with Crippen LogP contribution in [0.5, 0.6) is 0 Å². The van der Waals surface area contributed by atoms with Crippen molar-refractivity contribution < 1.29 is 5.11 Å². The fourth-order valence-corrected chi connectivity index (χ4v) is 3.08. The molecule has 2 heterocycles. The summed E-state index contributed by atoms with van der Waals surface area (Å²) in [6.07, 6.45) is 2.13. The molecule has 0 unspecified atom stereocenters. The maximum atomic E-state index is 9.98. The van der Waals surface area contributed by atoms with Crippen LogP contribution in [0.1, 0.15) is 31.3 Å². The van der Waals surface area contributed by atoms with Gasteiger partial charge < -0.3 is 9.67 Å². The SMILES string of the molecule is CCN(Cc1cccn1Cc1cccs1)CC(C)(C)O. The van der Waals surface area contributed by atoms with E-state index in [0.717, 1.165) is 19.6 Å². The van der Waals surface area contributed by atoms with Crippen molar-refractivity contribution in [3.8, 4) is 0 Å². The Morgan fingerprint density at radius 1 is 1.30 bits per heavy atom. The van der Waals surface area contributed by atoms with E-state index in [1.807, 2.05) is 13.8 Å². The summed E-state index contributed by atoms with van der Waals surface area (Å²) < 4.78 is 2.29. The molecule has 0 amide bonds. The number of aromatic nitrogens is 1. The molecule has 0 atom stereocenters. The molecular formula is C16H24N2OS. The topological polar surface area (TPSA) is 28.4 Å². The molecule has 3 nitrogen and oxygen atoms in total. The molecule has 0 bridgehead atoms. The fourth-order valence-electron chi connectivity index (χ4n) is 2.37. The lowest BCUT2D eigenvalue weighted by Gasteiger charge is -2.28. The number of rotatable bonds is 7. The Kier molecular flexibility index (Phi) is 5.02. The van der Waals surface area contributed by atoms with Crippen LogP contribution in [0.15, 0.2) is 35.8 Å². The molecule has 0 aliphatic heterocycles. The number of thiophene rings is 1. The summed E-state index contributed by atoms with van der Waals surface area (Å²) in [6.45, 7) is 9.29. The van der Waals surface area contributed by atoms with Gasteiger partial charge >= 0.3 is 0 Å². The number of likely N-dealkylation sites (N-methyl/N-ethyl adjacent to an activating group) is 1. The zero-order chi connectivity index (χ0) is 14.6. The molecule has 0 aromatic carbocycles. The maximum Gasteiger partial charge on any atom is 0.0718 e. The highest BCUT2D eigenvalue weighted by Gasteiger charge is 2.18. The van der Waals surface area contributed by atoms with E-state index in [2.05, 4.69) is 52.2 Å². The van der Waals surface area contributed by atoms with Crippen molar-refractivity contribution in [3.05, 3.63) is 46.4 Å². The van der Waals surface area contributed by atoms with E-state index in [1.165, 1.54) is 10.6 Å². The minimum atomic E-state index is -0.652. The first-order chi connectivity index (χ1) is 9.48. The van der Waals surface area contributed by atoms with Gasteiger partial charge in [-0.15, -0.1) is 11.3 Å². The molecule has 0 aliphatic carbocycles. The van der Waals surface area contributed by atoms with Crippen molar-refractivity contribution in [3.63, 3.8) is 0 Å². The Morgan fingerprint density at radius 3 is 2.70 bits per heavy atom. The van der Waals surface area contributed by atoms with E-state index >= 15 is 0 Å². The minimum Gasteiger partial charge on any atom is -0.389 e. The summed E-state index contributed by atoms with van der Waals surface area (Å²) in [7, 11) is 0. The lowest BCUT2D eigenvalue weighted by molar-refractivity contribution is 0.0347. The highest BCUT2D eigenvalue weighted by Crippen LogP contribution is 2.15. The molecule has 1 N–H and O–H groups in total. The molecule has 4 heteroatoms. The van der Waals surface area contributed by atoms with Crippen LogP contribution in [0.3, 0.4) is 0 Å². The molecule has 0 saturated heterocycles. The second-order valence-electron chi connectivity index (χ2n) is 5.82. The van der Waals surface area contributed by atoms with Gasteiger partial charge in [0.2, 0.25) is 0 Å². The average Bonchev–Trinajstić information content (AvgIpc) is 3.00. The Bertz CT molecular complexity index is 511. The molecule has 0 radical (unpaired) electrons. The number of nitrogens with zero attached hydrogens (tertiary/aromatic N) is 2. The predicted octanol–water partition coefficient (Wildman–Crippen LogP) is 3.19. The average molecular weight is 292 g/mol. The monoisotopic (exact) mass is 292 g/mol. The van der Waals surface area contributed by atoms with Gasteiger partial charge in [-0.25, -0.2) is 0 Å². The molecule has 0 saturated carbocycles. The van der Waals surface area contributed by atoms with Crippen molar-refractivity contribution in [2.24, 2.45) is 0 Å². The first kappa shape index (κ1) is 15.3. The number of hydrogen-bond acceptors (Lipinski definition) is 3. The van der Waals surface area contributed by atoms with Gasteiger partial charge in [0, 0.05) is 29.9 Å². The summed E-state index contributed by atoms with van der Waals surface area (Å²) in [5.74, 6) is 0. The summed E-state index contributed by atoms with van der Waals surface area (Å²) in [6, 6.07) is 8.53. The van der Waals surface area contributed by atoms with Crippen molar-refractivity contribution in [2.75, 3.05) is 13.1 Å². The fraction of sp³-hybridized carbons (Fsp3) is 0.500. The Labute approximate surface area is 125 Å². The van der Waals surface area contributed by atoms with E-state index in [4.69, 9.17) is 0 Å². The van der Waals surface area contributed by atoms with Gasteiger partial charge in [0.05, 0.1) is 12.1 Å². The second-order valence-corrected chi connectivity index (χ2v) is 6.85. The van der Waals surface area contributed by atoms with Crippen molar-refractivity contribution in [1.82, 2.24) is 9.47 Å². The molecule has 2 rings (SSSR count). The van der Waals surface area contributed by atoms with Gasteiger partial charge in [-0.3, -0.25) is 4.90 Å². The predicted molar refractivity (Wildman–Crippen MR) is 85.1 cm³/mol. The van der Waals surface area contributed by atoms with Gasteiger partial charge in [-0.05, 0) is 44.0 Å². The maximum absolute atomic E-state index is 9.98. The molecule has 0 aliphatic rings. The van der Waals surface area contributed by atoms with E-state index in [9.17, 15) is 5.11 Å². The molecule has 2 aromatic rings. The molecular weight excluding hydrogens is 268 g/mol. The van der Waals surface area contributed by atoms with Gasteiger partial charge in [0.25, 0.3) is 0 Å². The van der Waals surface area contributed by atoms with Gasteiger partial charge in [0.1, 0.15) is 0 Å². The van der Waals surface area contributed by atoms with Crippen LogP contribution < -0.4 is 0 Å². The number of hydrogen-bond donors (Lipinski definition) is 1. The molecule has 2 aromatic heterocycles. The Balaban J connectivity index is 2.03. The van der Waals surface area contributed by atoms with Crippen LogP contribution in [0, 0.1) is 0 Å². The zero-order valence-electron chi connectivity index (χ0n) is 12.5. The standard InChI is InChI=1S/C16H24N2OS/c1-4-17(13-16(2,3)19)11-14-7-5-9-18(14)12-15-8-6-10-20-15/h5-10,19H,4,11-13H2,1-3H3. The van der Waals surface area contributed by atoms with Crippen LogP contribution in [0.25, 0.3) is 0 Å². The van der Waals surface area contributed by atoms with Gasteiger partial charge in [0.15, 0.2) is 0 Å². The third-order valence-electron chi connectivity index (χ3n) is 3.27. The van der Waals surface area contributed by atoms with Crippen LogP contribution >= 0.6 is 11.3 Å². The van der Waals surface area contributed by atoms with Crippen molar-refractivity contribution >= 4 is 11.3 Å². The van der Waals surface area contributed by atoms with E-state index in [1.54, 1.807) is 11.3 Å². The second kappa shape index (κ2) is 6.57. The van der Waals surface area contributed by atoms with Crippen LogP contribution in [-0.2, 0) is 13.1 Å². The van der Waals surface area contributed by atoms with Crippen molar-refractivity contribution in [2.45, 2.75) is 39.5 Å². The van der Waals surface area contributed by atoms with Crippen molar-refractivity contribution in [1.29, 1.82) is 0 Å². The third-order valence-corrected chi connectivity index (χ3v) is 4.13. The number of aliphatic hydroxyl groups is 1. The lowest BCUT2D eigenvalue weighted by atomic mass is 10.1. The molecule has 0 fully saturated rings. The first-order valence-electron chi connectivity index (χ1n) is 7.09. The highest BCUT2D eigenvalue weighted by atomic mass is 32.1. The van der Waals surface area contributed by atoms with Gasteiger partial charge in [-0.1, -0.05) is 13.0 Å². The summed E-state index contributed by atoms with van der Waals surface area (Å²) in [5.41, 5.74) is 0.644. The highest BCUT2D eigenvalue weighted by molar-refractivity contribution is 7.09. The molecule has 110 valence electrons. The quantitative estimate of drug-likeness (QED) is 0.849. The normalized spacial score (nSPS) is 12.2. The largest absolute Gasteiger partial charge is 0.389 e. The van der Waals surface area contributed by atoms with Gasteiger partial charge in [-0.2, -0.15) is 0 Å².